The normalized spacial score (nSPS) is 15.9. The Balaban J connectivity index is 1.99. The van der Waals surface area contributed by atoms with Crippen molar-refractivity contribution in [3.63, 3.8) is 0 Å². The topological polar surface area (TPSA) is 89.9 Å². The average Bonchev–Trinajstić information content (AvgIpc) is 2.83. The van der Waals surface area contributed by atoms with E-state index in [9.17, 15) is 19.8 Å². The first-order valence-electron chi connectivity index (χ1n) is 7.74. The molecule has 1 N–H and O–H groups in total. The maximum Gasteiger partial charge on any atom is 0.266 e. The number of thiocarbonyl (C=S) groups is 1. The number of unbranched alkanes of at least 4 members (excludes halogenated alkanes) is 2. The summed E-state index contributed by atoms with van der Waals surface area (Å²) in [5.74, 6) is -0.860. The lowest BCUT2D eigenvalue weighted by atomic mass is 10.1. The molecule has 0 aliphatic carbocycles. The summed E-state index contributed by atoms with van der Waals surface area (Å²) in [6.07, 6.45) is 3.64. The molecule has 1 saturated heterocycles. The molecule has 0 aromatic heterocycles. The molecular formula is C17H18NO5S2-. The van der Waals surface area contributed by atoms with Crippen LogP contribution in [0.1, 0.15) is 31.2 Å². The molecule has 6 nitrogen and oxygen atoms in total. The number of ether oxygens (including phenoxy) is 1. The summed E-state index contributed by atoms with van der Waals surface area (Å²) in [7, 11) is 1.46. The molecule has 1 amide bonds. The molecule has 0 atom stereocenters. The minimum absolute atomic E-state index is 0.0288. The molecule has 0 spiro atoms. The molecule has 0 saturated carbocycles. The zero-order valence-electron chi connectivity index (χ0n) is 13.7. The van der Waals surface area contributed by atoms with Gasteiger partial charge in [-0.15, -0.1) is 0 Å². The van der Waals surface area contributed by atoms with Crippen molar-refractivity contribution < 1.29 is 24.5 Å². The van der Waals surface area contributed by atoms with Crippen LogP contribution in [0, 0.1) is 0 Å². The van der Waals surface area contributed by atoms with E-state index in [2.05, 4.69) is 0 Å². The first-order chi connectivity index (χ1) is 11.9. The SMILES string of the molecule is COc1cc(/C=C2/SC(=S)N(CCCCCC(=O)[O-])C2=O)ccc1O. The molecule has 2 rings (SSSR count). The van der Waals surface area contributed by atoms with Crippen LogP contribution in [0.15, 0.2) is 23.1 Å². The Morgan fingerprint density at radius 2 is 2.16 bits per heavy atom. The lowest BCUT2D eigenvalue weighted by Crippen LogP contribution is -2.29. The third-order valence-electron chi connectivity index (χ3n) is 3.64. The quantitative estimate of drug-likeness (QED) is 0.418. The van der Waals surface area contributed by atoms with Crippen LogP contribution in [-0.2, 0) is 9.59 Å². The fraction of sp³-hybridized carbons (Fsp3) is 0.353. The Morgan fingerprint density at radius 3 is 2.84 bits per heavy atom. The van der Waals surface area contributed by atoms with Gasteiger partial charge in [0.1, 0.15) is 4.32 Å². The van der Waals surface area contributed by atoms with E-state index in [0.29, 0.717) is 40.8 Å². The van der Waals surface area contributed by atoms with Crippen LogP contribution < -0.4 is 9.84 Å². The van der Waals surface area contributed by atoms with Crippen molar-refractivity contribution in [2.75, 3.05) is 13.7 Å². The number of aromatic hydroxyl groups is 1. The number of carbonyl (C=O) groups is 2. The molecule has 25 heavy (non-hydrogen) atoms. The van der Waals surface area contributed by atoms with Gasteiger partial charge in [-0.05, 0) is 43.0 Å². The van der Waals surface area contributed by atoms with Gasteiger partial charge in [0.05, 0.1) is 12.0 Å². The van der Waals surface area contributed by atoms with E-state index < -0.39 is 5.97 Å². The maximum absolute atomic E-state index is 12.5. The Morgan fingerprint density at radius 1 is 1.40 bits per heavy atom. The third-order valence-corrected chi connectivity index (χ3v) is 5.02. The summed E-state index contributed by atoms with van der Waals surface area (Å²) in [4.78, 5) is 24.9. The minimum Gasteiger partial charge on any atom is -0.550 e. The number of benzene rings is 1. The van der Waals surface area contributed by atoms with Crippen LogP contribution in [0.25, 0.3) is 6.08 Å². The second kappa shape index (κ2) is 8.87. The molecule has 1 aromatic rings. The number of thioether (sulfide) groups is 1. The highest BCUT2D eigenvalue weighted by Gasteiger charge is 2.31. The van der Waals surface area contributed by atoms with E-state index in [1.807, 2.05) is 0 Å². The van der Waals surface area contributed by atoms with Crippen molar-refractivity contribution >= 4 is 46.3 Å². The van der Waals surface area contributed by atoms with E-state index in [0.717, 1.165) is 5.56 Å². The summed E-state index contributed by atoms with van der Waals surface area (Å²) in [5, 5.41) is 20.0. The van der Waals surface area contributed by atoms with Crippen LogP contribution in [-0.4, -0.2) is 39.9 Å². The standard InChI is InChI=1S/C17H19NO5S2/c1-23-13-9-11(6-7-12(13)19)10-14-16(22)18(17(24)25-14)8-4-2-3-5-15(20)21/h6-7,9-10,19H,2-5,8H2,1H3,(H,20,21)/p-1/b14-10+. The smallest absolute Gasteiger partial charge is 0.266 e. The Labute approximate surface area is 155 Å². The number of amides is 1. The van der Waals surface area contributed by atoms with Gasteiger partial charge in [0.15, 0.2) is 11.5 Å². The predicted molar refractivity (Wildman–Crippen MR) is 98.0 cm³/mol. The van der Waals surface area contributed by atoms with Crippen molar-refractivity contribution in [2.45, 2.75) is 25.7 Å². The van der Waals surface area contributed by atoms with Crippen LogP contribution in [0.4, 0.5) is 0 Å². The van der Waals surface area contributed by atoms with Gasteiger partial charge < -0.3 is 19.7 Å². The van der Waals surface area contributed by atoms with E-state index >= 15 is 0 Å². The van der Waals surface area contributed by atoms with Crippen molar-refractivity contribution in [2.24, 2.45) is 0 Å². The van der Waals surface area contributed by atoms with Crippen molar-refractivity contribution in [3.8, 4) is 11.5 Å². The maximum atomic E-state index is 12.5. The lowest BCUT2D eigenvalue weighted by Gasteiger charge is -2.14. The van der Waals surface area contributed by atoms with E-state index in [1.54, 1.807) is 18.2 Å². The largest absolute Gasteiger partial charge is 0.550 e. The van der Waals surface area contributed by atoms with Gasteiger partial charge in [0, 0.05) is 12.5 Å². The van der Waals surface area contributed by atoms with E-state index in [4.69, 9.17) is 17.0 Å². The van der Waals surface area contributed by atoms with Gasteiger partial charge in [-0.1, -0.05) is 36.5 Å². The van der Waals surface area contributed by atoms with Crippen molar-refractivity contribution in [1.29, 1.82) is 0 Å². The zero-order valence-corrected chi connectivity index (χ0v) is 15.3. The number of nitrogens with zero attached hydrogens (tertiary/aromatic N) is 1. The molecule has 1 heterocycles. The molecule has 1 aromatic carbocycles. The Kier molecular flexibility index (Phi) is 6.83. The number of carboxylic acids is 1. The van der Waals surface area contributed by atoms with Gasteiger partial charge in [0.2, 0.25) is 0 Å². The molecule has 0 radical (unpaired) electrons. The van der Waals surface area contributed by atoms with Crippen LogP contribution in [0.3, 0.4) is 0 Å². The van der Waals surface area contributed by atoms with Crippen LogP contribution in [0.5, 0.6) is 11.5 Å². The highest BCUT2D eigenvalue weighted by atomic mass is 32.2. The first-order valence-corrected chi connectivity index (χ1v) is 8.97. The molecule has 1 fully saturated rings. The number of carboxylic acid groups (broad SMARTS) is 1. The van der Waals surface area contributed by atoms with Gasteiger partial charge in [-0.25, -0.2) is 0 Å². The summed E-state index contributed by atoms with van der Waals surface area (Å²) >= 11 is 6.48. The molecule has 134 valence electrons. The molecule has 1 aliphatic rings. The second-order valence-electron chi connectivity index (χ2n) is 5.45. The number of carbonyl (C=O) groups excluding carboxylic acids is 2. The predicted octanol–water partition coefficient (Wildman–Crippen LogP) is 1.91. The Hall–Kier alpha value is -2.06. The summed E-state index contributed by atoms with van der Waals surface area (Å²) in [6, 6.07) is 4.83. The van der Waals surface area contributed by atoms with E-state index in [1.165, 1.54) is 29.8 Å². The second-order valence-corrected chi connectivity index (χ2v) is 7.12. The number of hydrogen-bond acceptors (Lipinski definition) is 7. The number of aliphatic carboxylic acids is 1. The molecule has 0 bridgehead atoms. The average molecular weight is 380 g/mol. The van der Waals surface area contributed by atoms with Crippen molar-refractivity contribution in [3.05, 3.63) is 28.7 Å². The fourth-order valence-electron chi connectivity index (χ4n) is 2.34. The Bertz CT molecular complexity index is 717. The highest BCUT2D eigenvalue weighted by Crippen LogP contribution is 2.34. The van der Waals surface area contributed by atoms with Gasteiger partial charge >= 0.3 is 0 Å². The van der Waals surface area contributed by atoms with Crippen LogP contribution >= 0.6 is 24.0 Å². The molecule has 1 aliphatic heterocycles. The van der Waals surface area contributed by atoms with Crippen LogP contribution in [0.2, 0.25) is 0 Å². The third kappa shape index (κ3) is 5.20. The molecule has 0 unspecified atom stereocenters. The van der Waals surface area contributed by atoms with Crippen molar-refractivity contribution in [1.82, 2.24) is 4.90 Å². The van der Waals surface area contributed by atoms with Gasteiger partial charge in [-0.3, -0.25) is 9.69 Å². The number of methoxy groups -OCH3 is 1. The summed E-state index contributed by atoms with van der Waals surface area (Å²) in [5.41, 5.74) is 0.726. The molecular weight excluding hydrogens is 362 g/mol. The number of hydrogen-bond donors (Lipinski definition) is 1. The fourth-order valence-corrected chi connectivity index (χ4v) is 3.65. The monoisotopic (exact) mass is 380 g/mol. The lowest BCUT2D eigenvalue weighted by molar-refractivity contribution is -0.305. The highest BCUT2D eigenvalue weighted by molar-refractivity contribution is 8.26. The first kappa shape index (κ1) is 19.3. The number of phenols is 1. The van der Waals surface area contributed by atoms with E-state index in [-0.39, 0.29) is 18.1 Å². The summed E-state index contributed by atoms with van der Waals surface area (Å²) < 4.78 is 5.55. The molecule has 8 heteroatoms. The minimum atomic E-state index is -1.06. The number of rotatable bonds is 8. The van der Waals surface area contributed by atoms with Gasteiger partial charge in [0.25, 0.3) is 5.91 Å². The van der Waals surface area contributed by atoms with Gasteiger partial charge in [-0.2, -0.15) is 0 Å². The zero-order chi connectivity index (χ0) is 18.4. The number of phenolic OH excluding ortho intramolecular Hbond substituents is 1. The summed E-state index contributed by atoms with van der Waals surface area (Å²) in [6.45, 7) is 0.466.